The Morgan fingerprint density at radius 3 is 2.44 bits per heavy atom. The predicted octanol–water partition coefficient (Wildman–Crippen LogP) is 3.40. The van der Waals surface area contributed by atoms with Crippen LogP contribution in [0.3, 0.4) is 0 Å². The Hall–Kier alpha value is -0.350. The number of likely N-dealkylation sites (N-methyl/N-ethyl adjacent to an activating group) is 1. The molecule has 0 saturated carbocycles. The molecule has 4 heteroatoms. The standard InChI is InChI=1S/C14H26BrN3/c1-6-10(4)12(16-5)9-13-14(15)11(7-2)17-18(13)8-3/h10,12,16H,6-9H2,1-5H3. The van der Waals surface area contributed by atoms with Crippen LogP contribution >= 0.6 is 15.9 Å². The summed E-state index contributed by atoms with van der Waals surface area (Å²) in [7, 11) is 2.05. The first-order chi connectivity index (χ1) is 8.58. The maximum atomic E-state index is 4.66. The zero-order valence-electron chi connectivity index (χ0n) is 12.3. The van der Waals surface area contributed by atoms with Gasteiger partial charge in [0.05, 0.1) is 15.9 Å². The minimum Gasteiger partial charge on any atom is -0.316 e. The molecule has 0 saturated heterocycles. The SMILES string of the molecule is CCc1nn(CC)c(CC(NC)C(C)CC)c1Br. The van der Waals surface area contributed by atoms with Crippen LogP contribution in [0, 0.1) is 5.92 Å². The van der Waals surface area contributed by atoms with Crippen molar-refractivity contribution in [2.45, 2.75) is 59.5 Å². The fourth-order valence-corrected chi connectivity index (χ4v) is 3.02. The molecule has 0 aliphatic carbocycles. The summed E-state index contributed by atoms with van der Waals surface area (Å²) < 4.78 is 3.34. The quantitative estimate of drug-likeness (QED) is 0.835. The van der Waals surface area contributed by atoms with Gasteiger partial charge in [-0.15, -0.1) is 0 Å². The molecule has 2 atom stereocenters. The maximum Gasteiger partial charge on any atom is 0.0766 e. The van der Waals surface area contributed by atoms with Crippen molar-refractivity contribution in [1.29, 1.82) is 0 Å². The van der Waals surface area contributed by atoms with Gasteiger partial charge in [0.1, 0.15) is 0 Å². The van der Waals surface area contributed by atoms with Crippen molar-refractivity contribution in [3.05, 3.63) is 15.9 Å². The number of nitrogens with zero attached hydrogens (tertiary/aromatic N) is 2. The summed E-state index contributed by atoms with van der Waals surface area (Å²) in [5.41, 5.74) is 2.50. The van der Waals surface area contributed by atoms with E-state index in [2.05, 4.69) is 65.8 Å². The Balaban J connectivity index is 2.97. The van der Waals surface area contributed by atoms with Gasteiger partial charge in [-0.05, 0) is 42.2 Å². The smallest absolute Gasteiger partial charge is 0.0766 e. The van der Waals surface area contributed by atoms with Gasteiger partial charge in [-0.1, -0.05) is 27.2 Å². The average molecular weight is 316 g/mol. The van der Waals surface area contributed by atoms with Gasteiger partial charge in [-0.2, -0.15) is 5.10 Å². The lowest BCUT2D eigenvalue weighted by atomic mass is 9.95. The molecular formula is C14H26BrN3. The second kappa shape index (κ2) is 7.29. The highest BCUT2D eigenvalue weighted by atomic mass is 79.9. The third kappa shape index (κ3) is 3.35. The summed E-state index contributed by atoms with van der Waals surface area (Å²) in [4.78, 5) is 0. The summed E-state index contributed by atoms with van der Waals surface area (Å²) >= 11 is 3.72. The van der Waals surface area contributed by atoms with Crippen molar-refractivity contribution in [3.63, 3.8) is 0 Å². The zero-order chi connectivity index (χ0) is 13.7. The summed E-state index contributed by atoms with van der Waals surface area (Å²) in [6.45, 7) is 9.80. The topological polar surface area (TPSA) is 29.9 Å². The van der Waals surface area contributed by atoms with Crippen molar-refractivity contribution in [1.82, 2.24) is 15.1 Å². The molecule has 0 aliphatic rings. The second-order valence-electron chi connectivity index (χ2n) is 4.86. The lowest BCUT2D eigenvalue weighted by Gasteiger charge is -2.23. The molecule has 0 aliphatic heterocycles. The van der Waals surface area contributed by atoms with Crippen LogP contribution in [-0.4, -0.2) is 22.9 Å². The highest BCUT2D eigenvalue weighted by Crippen LogP contribution is 2.25. The Morgan fingerprint density at radius 2 is 2.00 bits per heavy atom. The van der Waals surface area contributed by atoms with Crippen LogP contribution in [0.15, 0.2) is 4.47 Å². The van der Waals surface area contributed by atoms with Gasteiger partial charge in [-0.25, -0.2) is 0 Å². The van der Waals surface area contributed by atoms with Crippen molar-refractivity contribution in [2.24, 2.45) is 5.92 Å². The summed E-state index contributed by atoms with van der Waals surface area (Å²) in [6, 6.07) is 0.512. The van der Waals surface area contributed by atoms with E-state index in [4.69, 9.17) is 0 Å². The van der Waals surface area contributed by atoms with Gasteiger partial charge in [-0.3, -0.25) is 4.68 Å². The third-order valence-corrected chi connectivity index (χ3v) is 4.72. The fourth-order valence-electron chi connectivity index (χ4n) is 2.29. The van der Waals surface area contributed by atoms with E-state index < -0.39 is 0 Å². The van der Waals surface area contributed by atoms with Gasteiger partial charge in [0.25, 0.3) is 0 Å². The van der Waals surface area contributed by atoms with Crippen LogP contribution in [0.25, 0.3) is 0 Å². The number of hydrogen-bond acceptors (Lipinski definition) is 2. The molecule has 18 heavy (non-hydrogen) atoms. The largest absolute Gasteiger partial charge is 0.316 e. The van der Waals surface area contributed by atoms with E-state index in [1.54, 1.807) is 0 Å². The number of nitrogens with one attached hydrogen (secondary N) is 1. The average Bonchev–Trinajstić information content (AvgIpc) is 2.71. The van der Waals surface area contributed by atoms with Gasteiger partial charge in [0.15, 0.2) is 0 Å². The Bertz CT molecular complexity index is 373. The normalized spacial score (nSPS) is 14.8. The predicted molar refractivity (Wildman–Crippen MR) is 81.0 cm³/mol. The van der Waals surface area contributed by atoms with E-state index in [0.29, 0.717) is 12.0 Å². The molecule has 0 spiro atoms. The van der Waals surface area contributed by atoms with Gasteiger partial charge in [0.2, 0.25) is 0 Å². The maximum absolute atomic E-state index is 4.66. The molecule has 1 N–H and O–H groups in total. The third-order valence-electron chi connectivity index (χ3n) is 3.81. The lowest BCUT2D eigenvalue weighted by Crippen LogP contribution is -2.34. The molecule has 1 rings (SSSR count). The van der Waals surface area contributed by atoms with Crippen LogP contribution in [0.5, 0.6) is 0 Å². The van der Waals surface area contributed by atoms with Crippen LogP contribution in [0.2, 0.25) is 0 Å². The van der Waals surface area contributed by atoms with Gasteiger partial charge < -0.3 is 5.32 Å². The first-order valence-electron chi connectivity index (χ1n) is 7.00. The van der Waals surface area contributed by atoms with Crippen LogP contribution in [-0.2, 0) is 19.4 Å². The van der Waals surface area contributed by atoms with Crippen LogP contribution in [0.1, 0.15) is 45.5 Å². The molecule has 3 nitrogen and oxygen atoms in total. The van der Waals surface area contributed by atoms with Crippen molar-refractivity contribution >= 4 is 15.9 Å². The molecule has 1 aromatic rings. The minimum atomic E-state index is 0.512. The van der Waals surface area contributed by atoms with Gasteiger partial charge >= 0.3 is 0 Å². The van der Waals surface area contributed by atoms with E-state index in [0.717, 1.165) is 19.4 Å². The zero-order valence-corrected chi connectivity index (χ0v) is 13.8. The second-order valence-corrected chi connectivity index (χ2v) is 5.65. The molecule has 1 aromatic heterocycles. The summed E-state index contributed by atoms with van der Waals surface area (Å²) in [6.07, 6.45) is 3.21. The van der Waals surface area contributed by atoms with E-state index in [1.165, 1.54) is 22.3 Å². The van der Waals surface area contributed by atoms with E-state index in [1.807, 2.05) is 0 Å². The van der Waals surface area contributed by atoms with Crippen molar-refractivity contribution in [3.8, 4) is 0 Å². The molecule has 0 amide bonds. The summed E-state index contributed by atoms with van der Waals surface area (Å²) in [5, 5.41) is 8.11. The van der Waals surface area contributed by atoms with E-state index in [-0.39, 0.29) is 0 Å². The first kappa shape index (κ1) is 15.7. The van der Waals surface area contributed by atoms with Crippen LogP contribution < -0.4 is 5.32 Å². The highest BCUT2D eigenvalue weighted by Gasteiger charge is 2.20. The van der Waals surface area contributed by atoms with Crippen molar-refractivity contribution < 1.29 is 0 Å². The number of rotatable bonds is 7. The first-order valence-corrected chi connectivity index (χ1v) is 7.79. The number of aromatic nitrogens is 2. The molecule has 1 heterocycles. The number of halogens is 1. The Morgan fingerprint density at radius 1 is 1.33 bits per heavy atom. The van der Waals surface area contributed by atoms with Crippen LogP contribution in [0.4, 0.5) is 0 Å². The Labute approximate surface area is 119 Å². The molecule has 104 valence electrons. The van der Waals surface area contributed by atoms with E-state index in [9.17, 15) is 0 Å². The van der Waals surface area contributed by atoms with Gasteiger partial charge in [0, 0.05) is 19.0 Å². The molecule has 0 radical (unpaired) electrons. The molecule has 0 fully saturated rings. The molecule has 0 aromatic carbocycles. The minimum absolute atomic E-state index is 0.512. The lowest BCUT2D eigenvalue weighted by molar-refractivity contribution is 0.377. The highest BCUT2D eigenvalue weighted by molar-refractivity contribution is 9.10. The number of aryl methyl sites for hydroxylation is 2. The van der Waals surface area contributed by atoms with Crippen molar-refractivity contribution in [2.75, 3.05) is 7.05 Å². The Kier molecular flexibility index (Phi) is 6.36. The summed E-state index contributed by atoms with van der Waals surface area (Å²) in [5.74, 6) is 0.673. The molecule has 0 bridgehead atoms. The molecular weight excluding hydrogens is 290 g/mol. The molecule has 2 unspecified atom stereocenters. The van der Waals surface area contributed by atoms with E-state index >= 15 is 0 Å². The fraction of sp³-hybridized carbons (Fsp3) is 0.786. The monoisotopic (exact) mass is 315 g/mol. The number of hydrogen-bond donors (Lipinski definition) is 1.